The summed E-state index contributed by atoms with van der Waals surface area (Å²) in [6.07, 6.45) is -3.27. The van der Waals surface area contributed by atoms with Crippen LogP contribution >= 0.6 is 0 Å². The molecule has 1 rings (SSSR count). The molecule has 1 atom stereocenters. The Labute approximate surface area is 86.0 Å². The predicted molar refractivity (Wildman–Crippen MR) is 47.2 cm³/mol. The van der Waals surface area contributed by atoms with Gasteiger partial charge in [0.1, 0.15) is 12.7 Å². The molecule has 0 unspecified atom stereocenters. The lowest BCUT2D eigenvalue weighted by Crippen LogP contribution is -2.37. The van der Waals surface area contributed by atoms with E-state index < -0.39 is 24.8 Å². The van der Waals surface area contributed by atoms with Crippen LogP contribution in [-0.4, -0.2) is 31.3 Å². The summed E-state index contributed by atoms with van der Waals surface area (Å²) in [6.45, 7) is 0.470. The summed E-state index contributed by atoms with van der Waals surface area (Å²) >= 11 is 0. The van der Waals surface area contributed by atoms with E-state index in [2.05, 4.69) is 10.1 Å². The normalized spacial score (nSPS) is 18.7. The highest BCUT2D eigenvalue weighted by Crippen LogP contribution is 2.27. The minimum atomic E-state index is -4.38. The van der Waals surface area contributed by atoms with Crippen LogP contribution in [-0.2, 0) is 9.53 Å². The van der Waals surface area contributed by atoms with E-state index >= 15 is 0 Å². The molecule has 0 aromatic heterocycles. The van der Waals surface area contributed by atoms with Crippen LogP contribution in [0.25, 0.3) is 0 Å². The van der Waals surface area contributed by atoms with Gasteiger partial charge in [0.2, 0.25) is 5.91 Å². The Morgan fingerprint density at radius 1 is 1.53 bits per heavy atom. The number of halogens is 3. The summed E-state index contributed by atoms with van der Waals surface area (Å²) in [4.78, 5) is 11.2. The maximum atomic E-state index is 11.7. The van der Waals surface area contributed by atoms with Gasteiger partial charge in [-0.05, 0) is 25.7 Å². The number of hydrogen-bond donors (Lipinski definition) is 1. The average Bonchev–Trinajstić information content (AvgIpc) is 2.92. The first kappa shape index (κ1) is 12.3. The van der Waals surface area contributed by atoms with Gasteiger partial charge >= 0.3 is 6.18 Å². The van der Waals surface area contributed by atoms with Gasteiger partial charge < -0.3 is 10.1 Å². The van der Waals surface area contributed by atoms with Crippen LogP contribution in [0.5, 0.6) is 0 Å². The maximum Gasteiger partial charge on any atom is 0.411 e. The van der Waals surface area contributed by atoms with Crippen LogP contribution in [0.15, 0.2) is 0 Å². The molecule has 0 radical (unpaired) electrons. The fourth-order valence-corrected chi connectivity index (χ4v) is 1.01. The number of ether oxygens (including phenoxy) is 1. The molecule has 1 amide bonds. The highest BCUT2D eigenvalue weighted by molar-refractivity contribution is 5.80. The molecule has 1 aliphatic rings. The van der Waals surface area contributed by atoms with E-state index in [0.29, 0.717) is 12.5 Å². The molecule has 1 saturated carbocycles. The van der Waals surface area contributed by atoms with Crippen molar-refractivity contribution in [3.8, 4) is 0 Å². The van der Waals surface area contributed by atoms with Gasteiger partial charge in [0, 0.05) is 6.54 Å². The van der Waals surface area contributed by atoms with Crippen LogP contribution in [0, 0.1) is 5.92 Å². The summed E-state index contributed by atoms with van der Waals surface area (Å²) in [5, 5.41) is 2.55. The third-order valence-electron chi connectivity index (χ3n) is 2.13. The SMILES string of the molecule is C[C@@H](OCC(F)(F)F)C(=O)NCC1CC1. The summed E-state index contributed by atoms with van der Waals surface area (Å²) in [5.41, 5.74) is 0. The van der Waals surface area contributed by atoms with E-state index in [9.17, 15) is 18.0 Å². The van der Waals surface area contributed by atoms with Gasteiger partial charge in [-0.3, -0.25) is 4.79 Å². The number of hydrogen-bond acceptors (Lipinski definition) is 2. The summed E-state index contributed by atoms with van der Waals surface area (Å²) in [5.74, 6) is 0.0231. The van der Waals surface area contributed by atoms with E-state index in [-0.39, 0.29) is 0 Å². The number of alkyl halides is 3. The Bertz CT molecular complexity index is 226. The van der Waals surface area contributed by atoms with Gasteiger partial charge in [-0.2, -0.15) is 13.2 Å². The molecule has 1 fully saturated rings. The minimum Gasteiger partial charge on any atom is -0.359 e. The smallest absolute Gasteiger partial charge is 0.359 e. The molecule has 1 aliphatic carbocycles. The van der Waals surface area contributed by atoms with Crippen molar-refractivity contribution >= 4 is 5.91 Å². The molecule has 88 valence electrons. The van der Waals surface area contributed by atoms with Crippen LogP contribution in [0.4, 0.5) is 13.2 Å². The molecule has 15 heavy (non-hydrogen) atoms. The van der Waals surface area contributed by atoms with Crippen molar-refractivity contribution < 1.29 is 22.7 Å². The zero-order valence-electron chi connectivity index (χ0n) is 8.43. The molecule has 0 heterocycles. The van der Waals surface area contributed by atoms with Crippen LogP contribution < -0.4 is 5.32 Å². The maximum absolute atomic E-state index is 11.7. The van der Waals surface area contributed by atoms with Crippen molar-refractivity contribution in [2.45, 2.75) is 32.0 Å². The summed E-state index contributed by atoms with van der Waals surface area (Å²) in [7, 11) is 0. The third kappa shape index (κ3) is 5.61. The molecule has 3 nitrogen and oxygen atoms in total. The van der Waals surface area contributed by atoms with Gasteiger partial charge in [0.05, 0.1) is 0 Å². The molecule has 0 aromatic carbocycles. The monoisotopic (exact) mass is 225 g/mol. The largest absolute Gasteiger partial charge is 0.411 e. The number of rotatable bonds is 5. The van der Waals surface area contributed by atoms with Gasteiger partial charge in [-0.15, -0.1) is 0 Å². The molecule has 0 spiro atoms. The fraction of sp³-hybridized carbons (Fsp3) is 0.889. The zero-order valence-corrected chi connectivity index (χ0v) is 8.43. The predicted octanol–water partition coefficient (Wildman–Crippen LogP) is 1.48. The van der Waals surface area contributed by atoms with E-state index in [1.807, 2.05) is 0 Å². The summed E-state index contributed by atoms with van der Waals surface area (Å²) < 4.78 is 39.6. The second-order valence-electron chi connectivity index (χ2n) is 3.76. The third-order valence-corrected chi connectivity index (χ3v) is 2.13. The second kappa shape index (κ2) is 4.83. The molecule has 0 saturated heterocycles. The highest BCUT2D eigenvalue weighted by Gasteiger charge is 2.30. The van der Waals surface area contributed by atoms with Gasteiger partial charge in [-0.25, -0.2) is 0 Å². The minimum absolute atomic E-state index is 0.480. The van der Waals surface area contributed by atoms with E-state index in [1.54, 1.807) is 0 Å². The highest BCUT2D eigenvalue weighted by atomic mass is 19.4. The topological polar surface area (TPSA) is 38.3 Å². The Balaban J connectivity index is 2.13. The number of carbonyl (C=O) groups is 1. The Kier molecular flexibility index (Phi) is 3.96. The van der Waals surface area contributed by atoms with E-state index in [0.717, 1.165) is 12.8 Å². The van der Waals surface area contributed by atoms with Crippen molar-refractivity contribution in [1.82, 2.24) is 5.32 Å². The molecule has 0 aromatic rings. The Hall–Kier alpha value is -0.780. The van der Waals surface area contributed by atoms with Crippen molar-refractivity contribution in [1.29, 1.82) is 0 Å². The Morgan fingerprint density at radius 2 is 2.13 bits per heavy atom. The van der Waals surface area contributed by atoms with Gasteiger partial charge in [-0.1, -0.05) is 0 Å². The van der Waals surface area contributed by atoms with Crippen molar-refractivity contribution in [2.75, 3.05) is 13.2 Å². The van der Waals surface area contributed by atoms with Crippen molar-refractivity contribution in [3.05, 3.63) is 0 Å². The molecule has 0 aliphatic heterocycles. The average molecular weight is 225 g/mol. The van der Waals surface area contributed by atoms with Gasteiger partial charge in [0.15, 0.2) is 0 Å². The number of nitrogens with one attached hydrogen (secondary N) is 1. The zero-order chi connectivity index (χ0) is 11.5. The first-order chi connectivity index (χ1) is 6.88. The molecule has 1 N–H and O–H groups in total. The number of amides is 1. The van der Waals surface area contributed by atoms with E-state index in [4.69, 9.17) is 0 Å². The quantitative estimate of drug-likeness (QED) is 0.769. The lowest BCUT2D eigenvalue weighted by atomic mass is 10.3. The van der Waals surface area contributed by atoms with Gasteiger partial charge in [0.25, 0.3) is 0 Å². The summed E-state index contributed by atoms with van der Waals surface area (Å²) in [6, 6.07) is 0. The molecular weight excluding hydrogens is 211 g/mol. The number of carbonyl (C=O) groups excluding carboxylic acids is 1. The first-order valence-corrected chi connectivity index (χ1v) is 4.84. The Morgan fingerprint density at radius 3 is 2.60 bits per heavy atom. The molecule has 0 bridgehead atoms. The molecular formula is C9H14F3NO2. The standard InChI is InChI=1S/C9H14F3NO2/c1-6(15-5-9(10,11)12)8(14)13-4-7-2-3-7/h6-7H,2-5H2,1H3,(H,13,14)/t6-/m1/s1. The first-order valence-electron chi connectivity index (χ1n) is 4.84. The molecule has 6 heteroatoms. The van der Waals surface area contributed by atoms with Crippen LogP contribution in [0.3, 0.4) is 0 Å². The lowest BCUT2D eigenvalue weighted by Gasteiger charge is -2.14. The second-order valence-corrected chi connectivity index (χ2v) is 3.76. The van der Waals surface area contributed by atoms with Crippen molar-refractivity contribution in [2.24, 2.45) is 5.92 Å². The van der Waals surface area contributed by atoms with Crippen molar-refractivity contribution in [3.63, 3.8) is 0 Å². The fourth-order valence-electron chi connectivity index (χ4n) is 1.01. The van der Waals surface area contributed by atoms with Crippen LogP contribution in [0.1, 0.15) is 19.8 Å². The lowest BCUT2D eigenvalue weighted by molar-refractivity contribution is -0.185. The van der Waals surface area contributed by atoms with Crippen LogP contribution in [0.2, 0.25) is 0 Å². The van der Waals surface area contributed by atoms with E-state index in [1.165, 1.54) is 6.92 Å².